The zero-order valence-corrected chi connectivity index (χ0v) is 36.7. The molecule has 1 amide bonds. The molecule has 332 valence electrons. The van der Waals surface area contributed by atoms with Crippen LogP contribution in [0.15, 0.2) is 119 Å². The lowest BCUT2D eigenvalue weighted by Crippen LogP contribution is -2.42. The zero-order chi connectivity index (χ0) is 42.9. The van der Waals surface area contributed by atoms with Gasteiger partial charge in [0, 0.05) is 28.9 Å². The van der Waals surface area contributed by atoms with E-state index in [4.69, 9.17) is 24.1 Å². The van der Waals surface area contributed by atoms with E-state index in [1.165, 1.54) is 0 Å². The maximum atomic E-state index is 12.5. The van der Waals surface area contributed by atoms with Gasteiger partial charge in [0.1, 0.15) is 17.8 Å². The van der Waals surface area contributed by atoms with Gasteiger partial charge in [-0.3, -0.25) is 13.8 Å². The predicted molar refractivity (Wildman–Crippen MR) is 248 cm³/mol. The lowest BCUT2D eigenvalue weighted by Gasteiger charge is -2.23. The summed E-state index contributed by atoms with van der Waals surface area (Å²) >= 11 is 5.74. The molecule has 4 aromatic rings. The Bertz CT molecular complexity index is 1980. The van der Waals surface area contributed by atoms with Crippen molar-refractivity contribution in [3.05, 3.63) is 120 Å². The highest BCUT2D eigenvalue weighted by atomic mass is 32.2. The fraction of sp³-hybridized carbons (Fsp3) is 0.413. The fourth-order valence-corrected chi connectivity index (χ4v) is 7.01. The Morgan fingerprint density at radius 1 is 0.750 bits per heavy atom. The minimum absolute atomic E-state index is 0. The largest absolute Gasteiger partial charge is 0.460 e. The number of nitrogens with two attached hydrogens (primary N) is 1. The van der Waals surface area contributed by atoms with Gasteiger partial charge >= 0.3 is 18.0 Å². The summed E-state index contributed by atoms with van der Waals surface area (Å²) in [6.07, 6.45) is 0.112. The second-order valence-corrected chi connectivity index (χ2v) is 18.7. The van der Waals surface area contributed by atoms with Crippen molar-refractivity contribution in [3.8, 4) is 11.1 Å². The summed E-state index contributed by atoms with van der Waals surface area (Å²) < 4.78 is 43.5. The average Bonchev–Trinajstić information content (AvgIpc) is 3.45. The highest BCUT2D eigenvalue weighted by Crippen LogP contribution is 2.44. The van der Waals surface area contributed by atoms with E-state index >= 15 is 0 Å². The van der Waals surface area contributed by atoms with E-state index in [-0.39, 0.29) is 53.7 Å². The molecule has 11 nitrogen and oxygen atoms in total. The van der Waals surface area contributed by atoms with Crippen molar-refractivity contribution in [2.45, 2.75) is 108 Å². The summed E-state index contributed by atoms with van der Waals surface area (Å²) in [5.41, 5.74) is 9.10. The van der Waals surface area contributed by atoms with E-state index < -0.39 is 46.0 Å². The number of hydrogen-bond acceptors (Lipinski definition) is 12. The Hall–Kier alpha value is -4.34. The molecule has 5 rings (SSSR count). The van der Waals surface area contributed by atoms with Crippen molar-refractivity contribution in [1.82, 2.24) is 5.32 Å². The zero-order valence-electron chi connectivity index (χ0n) is 34.2. The molecule has 14 heteroatoms. The number of esters is 2. The molecule has 0 aliphatic heterocycles. The summed E-state index contributed by atoms with van der Waals surface area (Å²) in [6, 6.07) is 34.6. The second-order valence-electron chi connectivity index (χ2n) is 15.5. The second kappa shape index (κ2) is 25.4. The van der Waals surface area contributed by atoms with Crippen molar-refractivity contribution in [3.63, 3.8) is 0 Å². The Morgan fingerprint density at radius 3 is 1.65 bits per heavy atom. The molecule has 3 N–H and O–H groups in total. The third kappa shape index (κ3) is 21.3. The van der Waals surface area contributed by atoms with Crippen LogP contribution in [0.3, 0.4) is 0 Å². The number of rotatable bonds is 13. The molecular formula is C46H66N2O9S3. The van der Waals surface area contributed by atoms with Gasteiger partial charge in [0.25, 0.3) is 10.1 Å². The Labute approximate surface area is 369 Å². The van der Waals surface area contributed by atoms with Crippen LogP contribution in [0.5, 0.6) is 0 Å². The minimum atomic E-state index is -3.76. The van der Waals surface area contributed by atoms with E-state index in [2.05, 4.69) is 17.9 Å². The lowest BCUT2D eigenvalue weighted by atomic mass is 9.98. The SMILES string of the molecule is C.C.CC(C)(C)OC(=O)CC(COS(C)(=O)=O)NC(=O)OCC1c2ccccc2-c2ccccc21.CC(C)(C)OC(=O)CC(N)CSc1ccccc1.Sc1ccccc1.[2HH]. The van der Waals surface area contributed by atoms with Crippen LogP contribution in [0, 0.1) is 0 Å². The van der Waals surface area contributed by atoms with Gasteiger partial charge in [-0.2, -0.15) is 8.42 Å². The van der Waals surface area contributed by atoms with E-state index in [1.54, 1.807) is 32.5 Å². The lowest BCUT2D eigenvalue weighted by molar-refractivity contribution is -0.156. The monoisotopic (exact) mass is 887 g/mol. The van der Waals surface area contributed by atoms with Gasteiger partial charge in [0.2, 0.25) is 0 Å². The van der Waals surface area contributed by atoms with Gasteiger partial charge in [0.15, 0.2) is 0 Å². The van der Waals surface area contributed by atoms with Crippen LogP contribution >= 0.6 is 24.4 Å². The highest BCUT2D eigenvalue weighted by molar-refractivity contribution is 7.99. The summed E-state index contributed by atoms with van der Waals surface area (Å²) in [4.78, 5) is 38.5. The molecule has 0 fully saturated rings. The molecule has 0 saturated heterocycles. The van der Waals surface area contributed by atoms with Crippen LogP contribution in [-0.2, 0) is 38.1 Å². The first-order valence-corrected chi connectivity index (χ1v) is 22.0. The maximum absolute atomic E-state index is 12.5. The molecule has 0 heterocycles. The van der Waals surface area contributed by atoms with Crippen LogP contribution in [0.25, 0.3) is 11.1 Å². The molecule has 0 saturated carbocycles. The van der Waals surface area contributed by atoms with E-state index in [0.717, 1.165) is 38.3 Å². The van der Waals surface area contributed by atoms with Gasteiger partial charge in [-0.25, -0.2) is 4.79 Å². The number of fused-ring (bicyclic) bond motifs is 3. The van der Waals surface area contributed by atoms with Crippen LogP contribution in [0.2, 0.25) is 0 Å². The van der Waals surface area contributed by atoms with E-state index in [9.17, 15) is 22.8 Å². The van der Waals surface area contributed by atoms with Crippen molar-refractivity contribution < 1.29 is 42.6 Å². The Morgan fingerprint density at radius 2 is 1.20 bits per heavy atom. The molecular weight excluding hydrogens is 821 g/mol. The fourth-order valence-electron chi connectivity index (χ4n) is 5.55. The van der Waals surface area contributed by atoms with E-state index in [1.807, 2.05) is 130 Å². The van der Waals surface area contributed by atoms with Gasteiger partial charge in [-0.1, -0.05) is 99.8 Å². The smallest absolute Gasteiger partial charge is 0.407 e. The topological polar surface area (TPSA) is 160 Å². The number of carbonyl (C=O) groups is 3. The van der Waals surface area contributed by atoms with E-state index in [0.29, 0.717) is 5.75 Å². The predicted octanol–water partition coefficient (Wildman–Crippen LogP) is 9.93. The number of benzene rings is 4. The number of carbonyl (C=O) groups excluding carboxylic acids is 3. The first-order chi connectivity index (χ1) is 27.2. The van der Waals surface area contributed by atoms with Crippen LogP contribution in [0.4, 0.5) is 4.79 Å². The third-order valence-corrected chi connectivity index (χ3v) is 9.86. The normalized spacial score (nSPS) is 12.8. The molecule has 60 heavy (non-hydrogen) atoms. The molecule has 0 radical (unpaired) electrons. The maximum Gasteiger partial charge on any atom is 0.407 e. The molecule has 4 aromatic carbocycles. The van der Waals surface area contributed by atoms with Gasteiger partial charge in [-0.15, -0.1) is 24.4 Å². The standard InChI is InChI=1S/C24H29NO7S.C14H21NO2S.C6H6S.2CH4.H2/c1-24(2,3)32-22(26)13-16(14-31-33(4,28)29)25-23(27)30-15-21-19-11-7-5-9-17(19)18-10-6-8-12-20(18)21;1-14(2,3)17-13(16)9-11(15)10-18-12-7-5-4-6-8-12;7-6-4-2-1-3-5-6;;;/h5-12,16,21H,13-15H2,1-4H3,(H,25,27);4-8,11H,9-10,15H2,1-3H3;1-5,7H;2*1H4;1H/i;;;;;1+1. The minimum Gasteiger partial charge on any atom is -0.460 e. The summed E-state index contributed by atoms with van der Waals surface area (Å²) in [5, 5.41) is 2.53. The van der Waals surface area contributed by atoms with Gasteiger partial charge in [0.05, 0.1) is 31.7 Å². The van der Waals surface area contributed by atoms with Crippen LogP contribution in [0.1, 0.15) is 87.7 Å². The average molecular weight is 888 g/mol. The number of ether oxygens (including phenoxy) is 3. The first-order valence-electron chi connectivity index (χ1n) is 18.8. The molecule has 0 bridgehead atoms. The first kappa shape index (κ1) is 53.7. The van der Waals surface area contributed by atoms with Crippen molar-refractivity contribution >= 4 is 52.5 Å². The van der Waals surface area contributed by atoms with Crippen LogP contribution < -0.4 is 11.1 Å². The summed E-state index contributed by atoms with van der Waals surface area (Å²) in [5.74, 6) is -0.240. The van der Waals surface area contributed by atoms with Crippen molar-refractivity contribution in [1.29, 1.82) is 0 Å². The molecule has 0 aromatic heterocycles. The van der Waals surface area contributed by atoms with Gasteiger partial charge in [-0.05, 0) is 88.1 Å². The quantitative estimate of drug-likeness (QED) is 0.0386. The summed E-state index contributed by atoms with van der Waals surface area (Å²) in [6.45, 7) is 10.4. The number of amides is 1. The summed E-state index contributed by atoms with van der Waals surface area (Å²) in [7, 11) is -3.76. The molecule has 2 unspecified atom stereocenters. The number of alkyl carbamates (subject to hydrolysis) is 1. The van der Waals surface area contributed by atoms with Crippen molar-refractivity contribution in [2.24, 2.45) is 5.73 Å². The highest BCUT2D eigenvalue weighted by Gasteiger charge is 2.30. The van der Waals surface area contributed by atoms with Crippen LogP contribution in [-0.4, -0.2) is 75.0 Å². The number of thiol groups is 1. The number of thioether (sulfide) groups is 1. The molecule has 2 atom stereocenters. The third-order valence-electron chi connectivity index (χ3n) is 7.79. The molecule has 1 aliphatic rings. The Kier molecular flexibility index (Phi) is 22.8. The molecule has 0 spiro atoms. The molecule has 1 aliphatic carbocycles. The van der Waals surface area contributed by atoms with Crippen molar-refractivity contribution in [2.75, 3.05) is 25.2 Å². The number of nitrogens with one attached hydrogen (secondary N) is 1. The van der Waals surface area contributed by atoms with Gasteiger partial charge < -0.3 is 25.3 Å². The Balaban J connectivity index is 0.00000108. The number of hydrogen-bond donors (Lipinski definition) is 3.